The van der Waals surface area contributed by atoms with Gasteiger partial charge in [0.15, 0.2) is 0 Å². The van der Waals surface area contributed by atoms with E-state index in [-0.39, 0.29) is 17.7 Å². The average molecular weight is 413 g/mol. The molecule has 0 saturated heterocycles. The first-order valence-corrected chi connectivity index (χ1v) is 10.1. The molecular formula is C22H25ClN4O2. The zero-order valence-corrected chi connectivity index (χ0v) is 17.3. The largest absolute Gasteiger partial charge is 0.354 e. The highest BCUT2D eigenvalue weighted by Crippen LogP contribution is 2.13. The van der Waals surface area contributed by atoms with Crippen LogP contribution in [0.5, 0.6) is 0 Å². The van der Waals surface area contributed by atoms with Crippen LogP contribution in [0.25, 0.3) is 11.0 Å². The second-order valence-corrected chi connectivity index (χ2v) is 7.52. The molecule has 2 unspecified atom stereocenters. The van der Waals surface area contributed by atoms with Crippen molar-refractivity contribution in [2.45, 2.75) is 32.7 Å². The molecule has 0 fully saturated rings. The van der Waals surface area contributed by atoms with Gasteiger partial charge in [0.2, 0.25) is 5.91 Å². The molecule has 0 bridgehead atoms. The number of hydrogen-bond acceptors (Lipinski definition) is 3. The number of fused-ring (bicyclic) bond motifs is 1. The van der Waals surface area contributed by atoms with E-state index in [2.05, 4.69) is 20.6 Å². The molecule has 1 heterocycles. The van der Waals surface area contributed by atoms with Crippen LogP contribution in [-0.2, 0) is 11.2 Å². The Kier molecular flexibility index (Phi) is 6.88. The monoisotopic (exact) mass is 412 g/mol. The maximum Gasteiger partial charge on any atom is 0.251 e. The van der Waals surface area contributed by atoms with E-state index in [9.17, 15) is 9.59 Å². The van der Waals surface area contributed by atoms with E-state index >= 15 is 0 Å². The molecule has 2 amide bonds. The number of halogens is 1. The summed E-state index contributed by atoms with van der Waals surface area (Å²) in [6.07, 6.45) is 1.35. The molecule has 0 spiro atoms. The SMILES string of the molecule is CCC(C)C(NC(=O)c1ccc(Cl)cc1)C(=O)NCCc1nc2ccccc2[nH]1. The number of amides is 2. The molecule has 1 aromatic heterocycles. The van der Waals surface area contributed by atoms with Gasteiger partial charge in [0.25, 0.3) is 5.91 Å². The van der Waals surface area contributed by atoms with Crippen LogP contribution in [0.15, 0.2) is 48.5 Å². The van der Waals surface area contributed by atoms with Gasteiger partial charge in [0.1, 0.15) is 11.9 Å². The molecule has 3 aromatic rings. The number of hydrogen-bond donors (Lipinski definition) is 3. The molecule has 152 valence electrons. The second kappa shape index (κ2) is 9.56. The lowest BCUT2D eigenvalue weighted by molar-refractivity contribution is -0.124. The molecule has 29 heavy (non-hydrogen) atoms. The van der Waals surface area contributed by atoms with Gasteiger partial charge in [-0.05, 0) is 42.3 Å². The van der Waals surface area contributed by atoms with Gasteiger partial charge in [0.05, 0.1) is 11.0 Å². The van der Waals surface area contributed by atoms with Crippen LogP contribution in [0, 0.1) is 5.92 Å². The van der Waals surface area contributed by atoms with Gasteiger partial charge in [-0.3, -0.25) is 9.59 Å². The van der Waals surface area contributed by atoms with Crippen molar-refractivity contribution in [3.63, 3.8) is 0 Å². The van der Waals surface area contributed by atoms with Crippen molar-refractivity contribution in [1.82, 2.24) is 20.6 Å². The van der Waals surface area contributed by atoms with Crippen LogP contribution in [-0.4, -0.2) is 34.4 Å². The molecule has 3 N–H and O–H groups in total. The van der Waals surface area contributed by atoms with E-state index in [0.717, 1.165) is 23.3 Å². The van der Waals surface area contributed by atoms with Crippen molar-refractivity contribution < 1.29 is 9.59 Å². The molecule has 7 heteroatoms. The number of nitrogens with zero attached hydrogens (tertiary/aromatic N) is 1. The van der Waals surface area contributed by atoms with E-state index in [0.29, 0.717) is 23.6 Å². The predicted molar refractivity (Wildman–Crippen MR) is 115 cm³/mol. The number of carbonyl (C=O) groups excluding carboxylic acids is 2. The van der Waals surface area contributed by atoms with Crippen molar-refractivity contribution in [3.8, 4) is 0 Å². The Morgan fingerprint density at radius 1 is 1.14 bits per heavy atom. The zero-order chi connectivity index (χ0) is 20.8. The van der Waals surface area contributed by atoms with Crippen molar-refractivity contribution in [2.24, 2.45) is 5.92 Å². The summed E-state index contributed by atoms with van der Waals surface area (Å²) in [5, 5.41) is 6.34. The van der Waals surface area contributed by atoms with E-state index < -0.39 is 6.04 Å². The first-order valence-electron chi connectivity index (χ1n) is 9.75. The van der Waals surface area contributed by atoms with Crippen LogP contribution in [0.1, 0.15) is 36.5 Å². The quantitative estimate of drug-likeness (QED) is 0.527. The Morgan fingerprint density at radius 2 is 1.86 bits per heavy atom. The van der Waals surface area contributed by atoms with Gasteiger partial charge < -0.3 is 15.6 Å². The lowest BCUT2D eigenvalue weighted by Crippen LogP contribution is -2.50. The Hall–Kier alpha value is -2.86. The van der Waals surface area contributed by atoms with E-state index in [1.165, 1.54) is 0 Å². The topological polar surface area (TPSA) is 86.9 Å². The lowest BCUT2D eigenvalue weighted by Gasteiger charge is -2.23. The maximum absolute atomic E-state index is 12.7. The summed E-state index contributed by atoms with van der Waals surface area (Å²) in [6, 6.07) is 13.8. The third-order valence-corrected chi connectivity index (χ3v) is 5.24. The highest BCUT2D eigenvalue weighted by molar-refractivity contribution is 6.30. The lowest BCUT2D eigenvalue weighted by atomic mass is 9.97. The number of benzene rings is 2. The Morgan fingerprint density at radius 3 is 2.55 bits per heavy atom. The summed E-state index contributed by atoms with van der Waals surface area (Å²) in [5.74, 6) is 0.325. The Bertz CT molecular complexity index is 951. The van der Waals surface area contributed by atoms with Crippen molar-refractivity contribution in [2.75, 3.05) is 6.54 Å². The average Bonchev–Trinajstić information content (AvgIpc) is 3.14. The summed E-state index contributed by atoms with van der Waals surface area (Å²) >= 11 is 5.88. The molecule has 0 aliphatic heterocycles. The van der Waals surface area contributed by atoms with Gasteiger partial charge in [0, 0.05) is 23.6 Å². The Labute approximate surface area is 175 Å². The predicted octanol–water partition coefficient (Wildman–Crippen LogP) is 3.72. The number of H-pyrrole nitrogens is 1. The molecule has 2 aromatic carbocycles. The number of aromatic nitrogens is 2. The molecule has 3 rings (SSSR count). The van der Waals surface area contributed by atoms with Crippen LogP contribution in [0.3, 0.4) is 0 Å². The number of imidazole rings is 1. The molecule has 2 atom stereocenters. The third kappa shape index (κ3) is 5.35. The number of nitrogens with one attached hydrogen (secondary N) is 3. The number of aromatic amines is 1. The van der Waals surface area contributed by atoms with Crippen molar-refractivity contribution >= 4 is 34.4 Å². The van der Waals surface area contributed by atoms with Gasteiger partial charge in [-0.15, -0.1) is 0 Å². The highest BCUT2D eigenvalue weighted by atomic mass is 35.5. The standard InChI is InChI=1S/C22H25ClN4O2/c1-3-14(2)20(27-21(28)15-8-10-16(23)11-9-15)22(29)24-13-12-19-25-17-6-4-5-7-18(17)26-19/h4-11,14,20H,3,12-13H2,1-2H3,(H,24,29)(H,25,26)(H,27,28). The fourth-order valence-corrected chi connectivity index (χ4v) is 3.19. The number of para-hydroxylation sites is 2. The minimum absolute atomic E-state index is 0.00236. The fourth-order valence-electron chi connectivity index (χ4n) is 3.07. The smallest absolute Gasteiger partial charge is 0.251 e. The Balaban J connectivity index is 1.59. The summed E-state index contributed by atoms with van der Waals surface area (Å²) in [7, 11) is 0. The van der Waals surface area contributed by atoms with Gasteiger partial charge >= 0.3 is 0 Å². The minimum Gasteiger partial charge on any atom is -0.354 e. The highest BCUT2D eigenvalue weighted by Gasteiger charge is 2.26. The molecule has 0 aliphatic carbocycles. The normalized spacial score (nSPS) is 13.1. The van der Waals surface area contributed by atoms with Crippen molar-refractivity contribution in [1.29, 1.82) is 0 Å². The van der Waals surface area contributed by atoms with Crippen LogP contribution < -0.4 is 10.6 Å². The van der Waals surface area contributed by atoms with E-state index in [1.807, 2.05) is 38.1 Å². The minimum atomic E-state index is -0.612. The van der Waals surface area contributed by atoms with Crippen LogP contribution in [0.2, 0.25) is 5.02 Å². The molecule has 6 nitrogen and oxygen atoms in total. The van der Waals surface area contributed by atoms with Crippen LogP contribution >= 0.6 is 11.6 Å². The van der Waals surface area contributed by atoms with E-state index in [4.69, 9.17) is 11.6 Å². The van der Waals surface area contributed by atoms with Gasteiger partial charge in [-0.1, -0.05) is 44.0 Å². The summed E-state index contributed by atoms with van der Waals surface area (Å²) in [4.78, 5) is 33.0. The summed E-state index contributed by atoms with van der Waals surface area (Å²) in [5.41, 5.74) is 2.35. The van der Waals surface area contributed by atoms with Crippen LogP contribution in [0.4, 0.5) is 0 Å². The summed E-state index contributed by atoms with van der Waals surface area (Å²) < 4.78 is 0. The first-order chi connectivity index (χ1) is 14.0. The maximum atomic E-state index is 12.7. The number of rotatable bonds is 8. The first kappa shape index (κ1) is 20.9. The fraction of sp³-hybridized carbons (Fsp3) is 0.318. The zero-order valence-electron chi connectivity index (χ0n) is 16.5. The van der Waals surface area contributed by atoms with Gasteiger partial charge in [-0.2, -0.15) is 0 Å². The summed E-state index contributed by atoms with van der Waals surface area (Å²) in [6.45, 7) is 4.38. The van der Waals surface area contributed by atoms with Gasteiger partial charge in [-0.25, -0.2) is 4.98 Å². The molecule has 0 saturated carbocycles. The molecule has 0 aliphatic rings. The third-order valence-electron chi connectivity index (χ3n) is 4.99. The second-order valence-electron chi connectivity index (χ2n) is 7.09. The molecule has 0 radical (unpaired) electrons. The number of carbonyl (C=O) groups is 2. The van der Waals surface area contributed by atoms with Crippen molar-refractivity contribution in [3.05, 3.63) is 64.9 Å². The van der Waals surface area contributed by atoms with E-state index in [1.54, 1.807) is 24.3 Å². The molecular weight excluding hydrogens is 388 g/mol.